The van der Waals surface area contributed by atoms with Crippen LogP contribution < -0.4 is 5.32 Å². The lowest BCUT2D eigenvalue weighted by molar-refractivity contribution is -0.384. The van der Waals surface area contributed by atoms with Gasteiger partial charge < -0.3 is 24.3 Å². The average molecular weight is 509 g/mol. The lowest BCUT2D eigenvalue weighted by Gasteiger charge is -2.34. The molecule has 1 aliphatic heterocycles. The first-order valence-electron chi connectivity index (χ1n) is 10.9. The molecule has 1 N–H and O–H groups in total. The van der Waals surface area contributed by atoms with Crippen molar-refractivity contribution in [2.45, 2.75) is 39.0 Å². The molecule has 2 unspecified atom stereocenters. The number of rotatable bonds is 13. The van der Waals surface area contributed by atoms with E-state index in [0.717, 1.165) is 11.8 Å². The van der Waals surface area contributed by atoms with Gasteiger partial charge in [-0.3, -0.25) is 14.9 Å². The van der Waals surface area contributed by atoms with Crippen LogP contribution >= 0.6 is 11.8 Å². The number of nitrogens with zero attached hydrogens (tertiary/aromatic N) is 1. The summed E-state index contributed by atoms with van der Waals surface area (Å²) in [6.07, 6.45) is 0. The monoisotopic (exact) mass is 508 g/mol. The maximum atomic E-state index is 13.3. The van der Waals surface area contributed by atoms with Gasteiger partial charge in [-0.05, 0) is 33.3 Å². The normalized spacial score (nSPS) is 16.3. The maximum absolute atomic E-state index is 13.3. The van der Waals surface area contributed by atoms with Crippen LogP contribution in [0.3, 0.4) is 0 Å². The van der Waals surface area contributed by atoms with Gasteiger partial charge in [0.2, 0.25) is 0 Å². The number of nitro groups is 1. The Balaban J connectivity index is 2.81. The van der Waals surface area contributed by atoms with E-state index in [2.05, 4.69) is 5.32 Å². The van der Waals surface area contributed by atoms with E-state index in [4.69, 9.17) is 18.9 Å². The van der Waals surface area contributed by atoms with Crippen LogP contribution in [0, 0.1) is 10.1 Å². The van der Waals surface area contributed by atoms with Crippen molar-refractivity contribution in [3.8, 4) is 0 Å². The molecule has 0 amide bonds. The van der Waals surface area contributed by atoms with Crippen LogP contribution in [0.25, 0.3) is 0 Å². The zero-order valence-electron chi connectivity index (χ0n) is 19.9. The fourth-order valence-corrected chi connectivity index (χ4v) is 4.44. The van der Waals surface area contributed by atoms with Gasteiger partial charge in [0.15, 0.2) is 0 Å². The van der Waals surface area contributed by atoms with E-state index in [1.165, 1.54) is 18.2 Å². The number of dihydropyridines is 1. The van der Waals surface area contributed by atoms with E-state index in [1.807, 2.05) is 0 Å². The molecule has 0 aromatic heterocycles. The number of nitrogens with one attached hydrogen (secondary N) is 1. The van der Waals surface area contributed by atoms with Crippen LogP contribution in [0.2, 0.25) is 0 Å². The Labute approximate surface area is 207 Å². The van der Waals surface area contributed by atoms with E-state index < -0.39 is 28.2 Å². The van der Waals surface area contributed by atoms with Gasteiger partial charge in [0.25, 0.3) is 12.2 Å². The summed E-state index contributed by atoms with van der Waals surface area (Å²) in [4.78, 5) is 47.9. The zero-order chi connectivity index (χ0) is 26.0. The Morgan fingerprint density at radius 1 is 1.14 bits per heavy atom. The summed E-state index contributed by atoms with van der Waals surface area (Å²) < 4.78 is 21.2. The predicted molar refractivity (Wildman–Crippen MR) is 127 cm³/mol. The molecule has 190 valence electrons. The highest BCUT2D eigenvalue weighted by atomic mass is 32.2. The van der Waals surface area contributed by atoms with Crippen molar-refractivity contribution < 1.29 is 38.3 Å². The van der Waals surface area contributed by atoms with Crippen LogP contribution in [0.1, 0.15) is 39.2 Å². The summed E-state index contributed by atoms with van der Waals surface area (Å²) in [6, 6.07) is 5.68. The van der Waals surface area contributed by atoms with E-state index in [9.17, 15) is 24.5 Å². The van der Waals surface area contributed by atoms with E-state index in [0.29, 0.717) is 17.7 Å². The largest absolute Gasteiger partial charge is 0.463 e. The number of nitro benzene ring substituents is 1. The fraction of sp³-hybridized carbons (Fsp3) is 0.435. The van der Waals surface area contributed by atoms with Crippen LogP contribution in [0.4, 0.5) is 5.69 Å². The SMILES string of the molecule is CCOC(=O)C1=C(C)NC(C(OCC)SCOC=O)=C(C(=O)OCC)C1c1cccc([N+](=O)[O-])c1. The summed E-state index contributed by atoms with van der Waals surface area (Å²) in [5.41, 5.74) is 0.132. The Hall–Kier alpha value is -3.38. The third-order valence-corrected chi connectivity index (χ3v) is 5.85. The molecule has 0 fully saturated rings. The highest BCUT2D eigenvalue weighted by Crippen LogP contribution is 2.42. The number of esters is 2. The van der Waals surface area contributed by atoms with Gasteiger partial charge in [-0.1, -0.05) is 23.9 Å². The van der Waals surface area contributed by atoms with E-state index in [1.54, 1.807) is 33.8 Å². The Kier molecular flexibility index (Phi) is 10.7. The molecule has 1 heterocycles. The number of hydrogen-bond donors (Lipinski definition) is 1. The standard InChI is InChI=1S/C23H28N2O9S/c1-5-32-21(27)17-14(4)24-20(23(34-7-3)35-13-31-12-26)19(22(28)33-6-2)18(17)15-9-8-10-16(11-15)25(29)30/h8-12,18,23-24H,5-7,13H2,1-4H3. The molecule has 2 atom stereocenters. The lowest BCUT2D eigenvalue weighted by atomic mass is 9.80. The Morgan fingerprint density at radius 3 is 2.37 bits per heavy atom. The molecule has 0 bridgehead atoms. The maximum Gasteiger partial charge on any atom is 0.336 e. The molecule has 0 radical (unpaired) electrons. The molecule has 0 saturated carbocycles. The van der Waals surface area contributed by atoms with Crippen molar-refractivity contribution in [3.05, 3.63) is 62.5 Å². The van der Waals surface area contributed by atoms with Crippen molar-refractivity contribution in [3.63, 3.8) is 0 Å². The average Bonchev–Trinajstić information content (AvgIpc) is 2.83. The third kappa shape index (κ3) is 6.83. The van der Waals surface area contributed by atoms with Crippen LogP contribution in [0.5, 0.6) is 0 Å². The number of hydrogen-bond acceptors (Lipinski definition) is 11. The number of benzene rings is 1. The second-order valence-corrected chi connectivity index (χ2v) is 8.05. The van der Waals surface area contributed by atoms with Gasteiger partial charge in [-0.2, -0.15) is 0 Å². The molecule has 35 heavy (non-hydrogen) atoms. The number of ether oxygens (including phenoxy) is 4. The molecular weight excluding hydrogens is 480 g/mol. The fourth-order valence-electron chi connectivity index (χ4n) is 3.60. The van der Waals surface area contributed by atoms with Gasteiger partial charge in [0.05, 0.1) is 40.9 Å². The summed E-state index contributed by atoms with van der Waals surface area (Å²) >= 11 is 1.09. The highest BCUT2D eigenvalue weighted by Gasteiger charge is 2.41. The summed E-state index contributed by atoms with van der Waals surface area (Å²) in [5.74, 6) is -2.52. The molecule has 12 heteroatoms. The number of carbonyl (C=O) groups excluding carboxylic acids is 3. The summed E-state index contributed by atoms with van der Waals surface area (Å²) in [6.45, 7) is 7.36. The summed E-state index contributed by atoms with van der Waals surface area (Å²) in [5, 5.41) is 14.5. The number of carbonyl (C=O) groups is 3. The molecule has 1 aliphatic rings. The molecule has 2 rings (SSSR count). The van der Waals surface area contributed by atoms with Crippen LogP contribution in [-0.2, 0) is 33.3 Å². The first-order chi connectivity index (χ1) is 16.8. The molecular formula is C23H28N2O9S. The third-order valence-electron chi connectivity index (χ3n) is 4.91. The van der Waals surface area contributed by atoms with Crippen molar-refractivity contribution in [2.75, 3.05) is 25.8 Å². The first kappa shape index (κ1) is 27.9. The second-order valence-electron chi connectivity index (χ2n) is 7.05. The van der Waals surface area contributed by atoms with E-state index >= 15 is 0 Å². The molecule has 1 aromatic carbocycles. The smallest absolute Gasteiger partial charge is 0.336 e. The van der Waals surface area contributed by atoms with Gasteiger partial charge in [-0.25, -0.2) is 9.59 Å². The molecule has 0 saturated heterocycles. The van der Waals surface area contributed by atoms with Gasteiger partial charge in [0.1, 0.15) is 11.4 Å². The first-order valence-corrected chi connectivity index (χ1v) is 11.9. The minimum atomic E-state index is -1.04. The minimum absolute atomic E-state index is 0.0399. The molecule has 0 aliphatic carbocycles. The van der Waals surface area contributed by atoms with Crippen molar-refractivity contribution in [1.29, 1.82) is 0 Å². The highest BCUT2D eigenvalue weighted by molar-refractivity contribution is 7.99. The van der Waals surface area contributed by atoms with Crippen molar-refractivity contribution >= 4 is 35.9 Å². The predicted octanol–water partition coefficient (Wildman–Crippen LogP) is 3.16. The summed E-state index contributed by atoms with van der Waals surface area (Å²) in [7, 11) is 0. The van der Waals surface area contributed by atoms with Gasteiger partial charge in [0, 0.05) is 24.4 Å². The number of allylic oxidation sites excluding steroid dienone is 1. The molecule has 0 spiro atoms. The lowest BCUT2D eigenvalue weighted by Crippen LogP contribution is -2.37. The molecule has 1 aromatic rings. The zero-order valence-corrected chi connectivity index (χ0v) is 20.7. The van der Waals surface area contributed by atoms with E-state index in [-0.39, 0.29) is 48.3 Å². The number of non-ortho nitro benzene ring substituents is 1. The minimum Gasteiger partial charge on any atom is -0.463 e. The Bertz CT molecular complexity index is 1020. The second kappa shape index (κ2) is 13.5. The van der Waals surface area contributed by atoms with Gasteiger partial charge >= 0.3 is 11.9 Å². The van der Waals surface area contributed by atoms with Crippen LogP contribution in [-0.4, -0.2) is 54.5 Å². The Morgan fingerprint density at radius 2 is 1.80 bits per heavy atom. The quantitative estimate of drug-likeness (QED) is 0.0798. The topological polar surface area (TPSA) is 143 Å². The van der Waals surface area contributed by atoms with Crippen molar-refractivity contribution in [2.24, 2.45) is 0 Å². The van der Waals surface area contributed by atoms with Gasteiger partial charge in [-0.15, -0.1) is 0 Å². The van der Waals surface area contributed by atoms with Crippen molar-refractivity contribution in [1.82, 2.24) is 5.32 Å². The molecule has 11 nitrogen and oxygen atoms in total. The van der Waals surface area contributed by atoms with Crippen LogP contribution in [0.15, 0.2) is 46.8 Å². The number of thioether (sulfide) groups is 1.